The number of hydrogen-bond acceptors (Lipinski definition) is 3. The van der Waals surface area contributed by atoms with Crippen LogP contribution in [0.2, 0.25) is 0 Å². The van der Waals surface area contributed by atoms with Gasteiger partial charge in [-0.15, -0.1) is 0 Å². The van der Waals surface area contributed by atoms with Crippen molar-refractivity contribution in [3.63, 3.8) is 0 Å². The van der Waals surface area contributed by atoms with Gasteiger partial charge >= 0.3 is 0 Å². The van der Waals surface area contributed by atoms with Crippen LogP contribution in [0.15, 0.2) is 24.3 Å². The van der Waals surface area contributed by atoms with Crippen molar-refractivity contribution in [1.82, 2.24) is 9.80 Å². The Hall–Kier alpha value is -1.55. The second-order valence-corrected chi connectivity index (χ2v) is 5.48. The van der Waals surface area contributed by atoms with Gasteiger partial charge in [-0.05, 0) is 51.6 Å². The quantitative estimate of drug-likeness (QED) is 0.827. The molecular formula is C16H24N2O2. The van der Waals surface area contributed by atoms with Gasteiger partial charge in [-0.25, -0.2) is 0 Å². The topological polar surface area (TPSA) is 32.8 Å². The Kier molecular flexibility index (Phi) is 5.01. The summed E-state index contributed by atoms with van der Waals surface area (Å²) in [6.45, 7) is 4.00. The number of carbonyl (C=O) groups is 1. The number of benzene rings is 1. The molecule has 20 heavy (non-hydrogen) atoms. The van der Waals surface area contributed by atoms with Crippen molar-refractivity contribution in [1.29, 1.82) is 0 Å². The van der Waals surface area contributed by atoms with E-state index in [0.717, 1.165) is 25.1 Å². The van der Waals surface area contributed by atoms with E-state index in [4.69, 9.17) is 4.74 Å². The number of rotatable bonds is 5. The highest BCUT2D eigenvalue weighted by Crippen LogP contribution is 2.32. The summed E-state index contributed by atoms with van der Waals surface area (Å²) < 4.78 is 5.46. The molecule has 0 saturated carbocycles. The van der Waals surface area contributed by atoms with Gasteiger partial charge in [-0.1, -0.05) is 12.1 Å². The van der Waals surface area contributed by atoms with Crippen molar-refractivity contribution >= 4 is 5.91 Å². The summed E-state index contributed by atoms with van der Waals surface area (Å²) in [5.41, 5.74) is 1.21. The predicted molar refractivity (Wildman–Crippen MR) is 79.9 cm³/mol. The molecule has 1 aliphatic rings. The molecule has 1 heterocycles. The van der Waals surface area contributed by atoms with Crippen molar-refractivity contribution < 1.29 is 9.53 Å². The first-order chi connectivity index (χ1) is 9.61. The summed E-state index contributed by atoms with van der Waals surface area (Å²) in [6, 6.07) is 8.36. The SMILES string of the molecule is CCOc1ccc([C@H]2CCCN2C(=O)CN(C)C)cc1. The molecule has 0 unspecified atom stereocenters. The van der Waals surface area contributed by atoms with E-state index in [0.29, 0.717) is 13.2 Å². The normalized spacial score (nSPS) is 18.6. The van der Waals surface area contributed by atoms with Crippen molar-refractivity contribution in [2.45, 2.75) is 25.8 Å². The third-order valence-electron chi connectivity index (χ3n) is 3.60. The van der Waals surface area contributed by atoms with Gasteiger partial charge in [0.15, 0.2) is 0 Å². The summed E-state index contributed by atoms with van der Waals surface area (Å²) in [4.78, 5) is 16.2. The molecule has 0 bridgehead atoms. The zero-order valence-corrected chi connectivity index (χ0v) is 12.6. The minimum atomic E-state index is 0.214. The van der Waals surface area contributed by atoms with E-state index < -0.39 is 0 Å². The molecular weight excluding hydrogens is 252 g/mol. The van der Waals surface area contributed by atoms with Crippen LogP contribution < -0.4 is 4.74 Å². The summed E-state index contributed by atoms with van der Waals surface area (Å²) in [5.74, 6) is 1.10. The lowest BCUT2D eigenvalue weighted by atomic mass is 10.0. The molecule has 1 aromatic carbocycles. The van der Waals surface area contributed by atoms with E-state index in [1.165, 1.54) is 5.56 Å². The Morgan fingerprint density at radius 3 is 2.65 bits per heavy atom. The molecule has 1 saturated heterocycles. The van der Waals surface area contributed by atoms with Crippen molar-refractivity contribution in [2.75, 3.05) is 33.8 Å². The van der Waals surface area contributed by atoms with Crippen molar-refractivity contribution in [3.8, 4) is 5.75 Å². The van der Waals surface area contributed by atoms with Gasteiger partial charge < -0.3 is 14.5 Å². The first-order valence-corrected chi connectivity index (χ1v) is 7.28. The molecule has 4 nitrogen and oxygen atoms in total. The molecule has 1 atom stereocenters. The number of amides is 1. The van der Waals surface area contributed by atoms with Crippen LogP contribution in [0.5, 0.6) is 5.75 Å². The van der Waals surface area contributed by atoms with Gasteiger partial charge in [0.25, 0.3) is 0 Å². The van der Waals surface area contributed by atoms with E-state index in [1.54, 1.807) is 0 Å². The molecule has 0 aromatic heterocycles. The van der Waals surface area contributed by atoms with E-state index in [1.807, 2.05) is 43.0 Å². The number of hydrogen-bond donors (Lipinski definition) is 0. The van der Waals surface area contributed by atoms with Gasteiger partial charge in [-0.3, -0.25) is 4.79 Å². The minimum Gasteiger partial charge on any atom is -0.494 e. The summed E-state index contributed by atoms with van der Waals surface area (Å²) in [7, 11) is 3.86. The number of likely N-dealkylation sites (N-methyl/N-ethyl adjacent to an activating group) is 1. The van der Waals surface area contributed by atoms with Gasteiger partial charge in [0.1, 0.15) is 5.75 Å². The zero-order chi connectivity index (χ0) is 14.5. The molecule has 1 amide bonds. The van der Waals surface area contributed by atoms with E-state index in [-0.39, 0.29) is 11.9 Å². The lowest BCUT2D eigenvalue weighted by Crippen LogP contribution is -2.37. The van der Waals surface area contributed by atoms with E-state index in [2.05, 4.69) is 12.1 Å². The number of ether oxygens (including phenoxy) is 1. The first-order valence-electron chi connectivity index (χ1n) is 7.28. The number of likely N-dealkylation sites (tertiary alicyclic amines) is 1. The van der Waals surface area contributed by atoms with Crippen LogP contribution in [0, 0.1) is 0 Å². The maximum Gasteiger partial charge on any atom is 0.237 e. The van der Waals surface area contributed by atoms with Gasteiger partial charge in [0, 0.05) is 6.54 Å². The second kappa shape index (κ2) is 6.75. The van der Waals surface area contributed by atoms with Gasteiger partial charge in [-0.2, -0.15) is 0 Å². The van der Waals surface area contributed by atoms with Crippen LogP contribution in [0.25, 0.3) is 0 Å². The fourth-order valence-corrected chi connectivity index (χ4v) is 2.73. The largest absolute Gasteiger partial charge is 0.494 e. The van der Waals surface area contributed by atoms with Crippen LogP contribution in [0.4, 0.5) is 0 Å². The molecule has 0 spiro atoms. The van der Waals surface area contributed by atoms with E-state index >= 15 is 0 Å². The molecule has 1 aliphatic heterocycles. The lowest BCUT2D eigenvalue weighted by molar-refractivity contribution is -0.132. The fraction of sp³-hybridized carbons (Fsp3) is 0.562. The van der Waals surface area contributed by atoms with Gasteiger partial charge in [0.05, 0.1) is 19.2 Å². The van der Waals surface area contributed by atoms with Crippen molar-refractivity contribution in [3.05, 3.63) is 29.8 Å². The third kappa shape index (κ3) is 3.51. The zero-order valence-electron chi connectivity index (χ0n) is 12.6. The third-order valence-corrected chi connectivity index (χ3v) is 3.60. The number of carbonyl (C=O) groups excluding carboxylic acids is 1. The molecule has 0 aliphatic carbocycles. The fourth-order valence-electron chi connectivity index (χ4n) is 2.73. The average Bonchev–Trinajstić information content (AvgIpc) is 2.88. The molecule has 1 aromatic rings. The van der Waals surface area contributed by atoms with Crippen LogP contribution in [0.1, 0.15) is 31.4 Å². The van der Waals surface area contributed by atoms with E-state index in [9.17, 15) is 4.79 Å². The first kappa shape index (κ1) is 14.9. The highest BCUT2D eigenvalue weighted by Gasteiger charge is 2.29. The minimum absolute atomic E-state index is 0.214. The second-order valence-electron chi connectivity index (χ2n) is 5.48. The van der Waals surface area contributed by atoms with Crippen molar-refractivity contribution in [2.24, 2.45) is 0 Å². The molecule has 110 valence electrons. The van der Waals surface area contributed by atoms with Crippen LogP contribution in [-0.2, 0) is 4.79 Å². The Labute approximate surface area is 121 Å². The molecule has 1 fully saturated rings. The van der Waals surface area contributed by atoms with Crippen LogP contribution in [0.3, 0.4) is 0 Å². The summed E-state index contributed by atoms with van der Waals surface area (Å²) in [5, 5.41) is 0. The maximum atomic E-state index is 12.3. The Bertz CT molecular complexity index is 442. The molecule has 4 heteroatoms. The number of nitrogens with zero attached hydrogens (tertiary/aromatic N) is 2. The Balaban J connectivity index is 2.08. The molecule has 2 rings (SSSR count). The maximum absolute atomic E-state index is 12.3. The summed E-state index contributed by atoms with van der Waals surface area (Å²) >= 11 is 0. The molecule has 0 N–H and O–H groups in total. The Morgan fingerprint density at radius 1 is 1.35 bits per heavy atom. The highest BCUT2D eigenvalue weighted by atomic mass is 16.5. The Morgan fingerprint density at radius 2 is 2.05 bits per heavy atom. The van der Waals surface area contributed by atoms with Crippen LogP contribution >= 0.6 is 0 Å². The lowest BCUT2D eigenvalue weighted by Gasteiger charge is -2.26. The average molecular weight is 276 g/mol. The van der Waals surface area contributed by atoms with Crippen LogP contribution in [-0.4, -0.2) is 49.5 Å². The standard InChI is InChI=1S/C16H24N2O2/c1-4-20-14-9-7-13(8-10-14)15-6-5-11-18(15)16(19)12-17(2)3/h7-10,15H,4-6,11-12H2,1-3H3/t15-/m1/s1. The predicted octanol–water partition coefficient (Wildman–Crippen LogP) is 2.31. The molecule has 0 radical (unpaired) electrons. The monoisotopic (exact) mass is 276 g/mol. The smallest absolute Gasteiger partial charge is 0.237 e. The summed E-state index contributed by atoms with van der Waals surface area (Å²) in [6.07, 6.45) is 2.13. The van der Waals surface area contributed by atoms with Gasteiger partial charge in [0.2, 0.25) is 5.91 Å². The highest BCUT2D eigenvalue weighted by molar-refractivity contribution is 5.79.